The number of phenolic OH excluding ortho intramolecular Hbond substituents is 1. The maximum atomic E-state index is 12.6. The quantitative estimate of drug-likeness (QED) is 0.894. The molecule has 2 aliphatic rings. The summed E-state index contributed by atoms with van der Waals surface area (Å²) < 4.78 is 29.6. The van der Waals surface area contributed by atoms with Crippen LogP contribution in [0, 0.1) is 0 Å². The lowest BCUT2D eigenvalue weighted by Gasteiger charge is -2.31. The van der Waals surface area contributed by atoms with Crippen LogP contribution >= 0.6 is 0 Å². The van der Waals surface area contributed by atoms with E-state index in [-0.39, 0.29) is 17.8 Å². The summed E-state index contributed by atoms with van der Waals surface area (Å²) in [4.78, 5) is 0. The summed E-state index contributed by atoms with van der Waals surface area (Å²) in [6, 6.07) is 5.19. The number of nitrogens with one attached hydrogen (secondary N) is 1. The van der Waals surface area contributed by atoms with E-state index in [1.165, 1.54) is 10.7 Å². The van der Waals surface area contributed by atoms with E-state index in [9.17, 15) is 13.5 Å². The first-order valence-corrected chi connectivity index (χ1v) is 9.49. The van der Waals surface area contributed by atoms with Crippen molar-refractivity contribution in [3.8, 4) is 5.75 Å². The fourth-order valence-electron chi connectivity index (χ4n) is 3.66. The van der Waals surface area contributed by atoms with Gasteiger partial charge in [0.25, 0.3) is 10.2 Å². The van der Waals surface area contributed by atoms with Crippen molar-refractivity contribution in [3.63, 3.8) is 0 Å². The fraction of sp³-hybridized carbons (Fsp3) is 0.625. The number of benzene rings is 1. The number of aromatic hydroxyl groups is 1. The Morgan fingerprint density at radius 2 is 1.91 bits per heavy atom. The summed E-state index contributed by atoms with van der Waals surface area (Å²) in [6.45, 7) is 0. The molecule has 0 aromatic heterocycles. The molecule has 0 heterocycles. The molecule has 0 aliphatic heterocycles. The molecule has 3 rings (SSSR count). The van der Waals surface area contributed by atoms with Crippen molar-refractivity contribution < 1.29 is 13.5 Å². The van der Waals surface area contributed by atoms with Crippen LogP contribution in [0.4, 0.5) is 0 Å². The summed E-state index contributed by atoms with van der Waals surface area (Å²) in [5.74, 6) is 0.264. The molecule has 1 unspecified atom stereocenters. The van der Waals surface area contributed by atoms with Crippen molar-refractivity contribution in [3.05, 3.63) is 29.3 Å². The first kappa shape index (κ1) is 15.8. The molecule has 1 aromatic rings. The molecule has 1 atom stereocenters. The van der Waals surface area contributed by atoms with E-state index < -0.39 is 10.2 Å². The van der Waals surface area contributed by atoms with Gasteiger partial charge in [-0.2, -0.15) is 17.4 Å². The summed E-state index contributed by atoms with van der Waals surface area (Å²) in [5, 5.41) is 9.87. The van der Waals surface area contributed by atoms with Crippen LogP contribution in [0.2, 0.25) is 0 Å². The predicted molar refractivity (Wildman–Crippen MR) is 85.9 cm³/mol. The van der Waals surface area contributed by atoms with E-state index in [0.29, 0.717) is 12.8 Å². The Morgan fingerprint density at radius 3 is 2.64 bits per heavy atom. The highest BCUT2D eigenvalue weighted by Gasteiger charge is 2.33. The van der Waals surface area contributed by atoms with Gasteiger partial charge in [-0.3, -0.25) is 0 Å². The third kappa shape index (κ3) is 3.00. The van der Waals surface area contributed by atoms with Crippen molar-refractivity contribution in [2.75, 3.05) is 7.05 Å². The van der Waals surface area contributed by atoms with Gasteiger partial charge >= 0.3 is 0 Å². The molecule has 0 bridgehead atoms. The Balaban J connectivity index is 1.74. The molecule has 0 saturated heterocycles. The minimum Gasteiger partial charge on any atom is -0.508 e. The van der Waals surface area contributed by atoms with Gasteiger partial charge in [-0.1, -0.05) is 31.4 Å². The zero-order valence-corrected chi connectivity index (χ0v) is 13.8. The van der Waals surface area contributed by atoms with Crippen LogP contribution in [-0.4, -0.2) is 30.9 Å². The fourth-order valence-corrected chi connectivity index (χ4v) is 5.04. The van der Waals surface area contributed by atoms with Gasteiger partial charge in [-0.15, -0.1) is 0 Å². The van der Waals surface area contributed by atoms with Gasteiger partial charge in [0.2, 0.25) is 0 Å². The Morgan fingerprint density at radius 1 is 1.18 bits per heavy atom. The van der Waals surface area contributed by atoms with Crippen LogP contribution in [0.1, 0.15) is 55.7 Å². The van der Waals surface area contributed by atoms with E-state index in [2.05, 4.69) is 4.72 Å². The largest absolute Gasteiger partial charge is 0.508 e. The monoisotopic (exact) mass is 324 g/mol. The summed E-state index contributed by atoms with van der Waals surface area (Å²) in [7, 11) is -1.82. The standard InChI is InChI=1S/C16H24N2O3S/c1-18(12-6-3-2-4-7-12)22(20,21)17-15-11-10-14-13(15)8-5-9-16(14)19/h5,8-9,12,15,17,19H,2-4,6-7,10-11H2,1H3. The van der Waals surface area contributed by atoms with Crippen LogP contribution in [0.5, 0.6) is 5.75 Å². The molecule has 1 aromatic carbocycles. The predicted octanol–water partition coefficient (Wildman–Crippen LogP) is 2.48. The number of rotatable bonds is 4. The Bertz CT molecular complexity index is 639. The number of phenols is 1. The Labute approximate surface area is 132 Å². The normalized spacial score (nSPS) is 22.9. The van der Waals surface area contributed by atoms with E-state index in [1.54, 1.807) is 19.2 Å². The summed E-state index contributed by atoms with van der Waals surface area (Å²) in [6.07, 6.45) is 6.70. The maximum absolute atomic E-state index is 12.6. The van der Waals surface area contributed by atoms with Crippen LogP contribution in [0.3, 0.4) is 0 Å². The molecule has 2 N–H and O–H groups in total. The summed E-state index contributed by atoms with van der Waals surface area (Å²) in [5.41, 5.74) is 1.77. The average molecular weight is 324 g/mol. The highest BCUT2D eigenvalue weighted by Crippen LogP contribution is 2.37. The lowest BCUT2D eigenvalue weighted by atomic mass is 9.96. The first-order chi connectivity index (χ1) is 10.5. The van der Waals surface area contributed by atoms with Gasteiger partial charge in [-0.25, -0.2) is 0 Å². The number of hydrogen-bond acceptors (Lipinski definition) is 3. The van der Waals surface area contributed by atoms with Crippen LogP contribution in [0.15, 0.2) is 18.2 Å². The Hall–Kier alpha value is -1.11. The number of fused-ring (bicyclic) bond motifs is 1. The third-order valence-corrected chi connectivity index (χ3v) is 6.64. The number of hydrogen-bond donors (Lipinski definition) is 2. The van der Waals surface area contributed by atoms with Crippen LogP contribution in [-0.2, 0) is 16.6 Å². The topological polar surface area (TPSA) is 69.6 Å². The Kier molecular flexibility index (Phi) is 4.43. The zero-order valence-electron chi connectivity index (χ0n) is 13.0. The molecule has 0 amide bonds. The molecule has 0 radical (unpaired) electrons. The van der Waals surface area contributed by atoms with Gasteiger partial charge in [-0.05, 0) is 42.9 Å². The van der Waals surface area contributed by atoms with Crippen molar-refractivity contribution >= 4 is 10.2 Å². The van der Waals surface area contributed by atoms with E-state index in [1.807, 2.05) is 6.07 Å². The van der Waals surface area contributed by atoms with Gasteiger partial charge in [0.05, 0.1) is 0 Å². The van der Waals surface area contributed by atoms with Gasteiger partial charge in [0, 0.05) is 19.1 Å². The smallest absolute Gasteiger partial charge is 0.280 e. The highest BCUT2D eigenvalue weighted by molar-refractivity contribution is 7.87. The lowest BCUT2D eigenvalue weighted by molar-refractivity contribution is 0.281. The minimum atomic E-state index is -3.50. The average Bonchev–Trinajstić information content (AvgIpc) is 2.91. The van der Waals surface area contributed by atoms with Crippen molar-refractivity contribution in [1.82, 2.24) is 9.03 Å². The second-order valence-corrected chi connectivity index (χ2v) is 8.13. The molecule has 2 aliphatic carbocycles. The third-order valence-electron chi connectivity index (χ3n) is 5.01. The molecular formula is C16H24N2O3S. The lowest BCUT2D eigenvalue weighted by Crippen LogP contribution is -2.45. The van der Waals surface area contributed by atoms with E-state index in [0.717, 1.165) is 36.8 Å². The van der Waals surface area contributed by atoms with Crippen molar-refractivity contribution in [2.24, 2.45) is 0 Å². The minimum absolute atomic E-state index is 0.108. The molecule has 5 nitrogen and oxygen atoms in total. The van der Waals surface area contributed by atoms with Gasteiger partial charge < -0.3 is 5.11 Å². The van der Waals surface area contributed by atoms with Crippen LogP contribution in [0.25, 0.3) is 0 Å². The first-order valence-electron chi connectivity index (χ1n) is 8.05. The summed E-state index contributed by atoms with van der Waals surface area (Å²) >= 11 is 0. The molecule has 6 heteroatoms. The van der Waals surface area contributed by atoms with Gasteiger partial charge in [0.15, 0.2) is 0 Å². The second kappa shape index (κ2) is 6.18. The van der Waals surface area contributed by atoms with Crippen LogP contribution < -0.4 is 4.72 Å². The molecule has 1 saturated carbocycles. The number of nitrogens with zero attached hydrogens (tertiary/aromatic N) is 1. The van der Waals surface area contributed by atoms with Gasteiger partial charge in [0.1, 0.15) is 5.75 Å². The molecule has 1 fully saturated rings. The van der Waals surface area contributed by atoms with E-state index in [4.69, 9.17) is 0 Å². The second-order valence-electron chi connectivity index (χ2n) is 6.37. The molecule has 122 valence electrons. The molecule has 0 spiro atoms. The highest BCUT2D eigenvalue weighted by atomic mass is 32.2. The van der Waals surface area contributed by atoms with Crippen molar-refractivity contribution in [2.45, 2.75) is 57.0 Å². The zero-order chi connectivity index (χ0) is 15.7. The molecule has 22 heavy (non-hydrogen) atoms. The van der Waals surface area contributed by atoms with E-state index >= 15 is 0 Å². The van der Waals surface area contributed by atoms with Crippen molar-refractivity contribution in [1.29, 1.82) is 0 Å². The SMILES string of the molecule is CN(C1CCCCC1)S(=O)(=O)NC1CCc2c(O)cccc21. The molecular weight excluding hydrogens is 300 g/mol. The maximum Gasteiger partial charge on any atom is 0.280 e.